The van der Waals surface area contributed by atoms with Crippen molar-refractivity contribution in [1.29, 1.82) is 0 Å². The number of amides is 3. The van der Waals surface area contributed by atoms with E-state index in [2.05, 4.69) is 10.6 Å². The number of nitrogens with one attached hydrogen (secondary N) is 2. The molecule has 1 aromatic carbocycles. The number of hydrogen-bond donors (Lipinski definition) is 3. The Kier molecular flexibility index (Phi) is 5.17. The molecule has 0 aliphatic carbocycles. The predicted octanol–water partition coefficient (Wildman–Crippen LogP) is 0.702. The fourth-order valence-electron chi connectivity index (χ4n) is 1.44. The summed E-state index contributed by atoms with van der Waals surface area (Å²) < 4.78 is 0. The number of para-hydroxylation sites is 1. The van der Waals surface area contributed by atoms with Crippen molar-refractivity contribution in [3.63, 3.8) is 0 Å². The number of phenolic OH excluding ortho intramolecular Hbond substituents is 1. The van der Waals surface area contributed by atoms with Crippen molar-refractivity contribution in [1.82, 2.24) is 15.5 Å². The first-order valence-electron chi connectivity index (χ1n) is 5.95. The smallest absolute Gasteiger partial charge is 0.316 e. The van der Waals surface area contributed by atoms with Gasteiger partial charge in [-0.15, -0.1) is 0 Å². The molecule has 0 spiro atoms. The standard InChI is InChI=1S/C13H19N3O3/c1-9-5-4-6-10(11(9)17)12(18)14-7-8-15-13(19)16(2)3/h4-6,17H,7-8H2,1-3H3,(H,14,18)(H,15,19). The minimum atomic E-state index is -0.361. The second kappa shape index (κ2) is 6.63. The Morgan fingerprint density at radius 2 is 1.84 bits per heavy atom. The summed E-state index contributed by atoms with van der Waals surface area (Å²) in [4.78, 5) is 24.4. The van der Waals surface area contributed by atoms with E-state index < -0.39 is 0 Å². The molecular weight excluding hydrogens is 246 g/mol. The highest BCUT2D eigenvalue weighted by Crippen LogP contribution is 2.20. The van der Waals surface area contributed by atoms with E-state index in [0.717, 1.165) is 0 Å². The molecule has 3 amide bonds. The lowest BCUT2D eigenvalue weighted by Crippen LogP contribution is -2.39. The minimum absolute atomic E-state index is 0.0164. The molecule has 0 unspecified atom stereocenters. The van der Waals surface area contributed by atoms with E-state index in [1.54, 1.807) is 39.2 Å². The van der Waals surface area contributed by atoms with E-state index in [-0.39, 0.29) is 23.3 Å². The van der Waals surface area contributed by atoms with Crippen LogP contribution in [0.25, 0.3) is 0 Å². The highest BCUT2D eigenvalue weighted by molar-refractivity contribution is 5.97. The quantitative estimate of drug-likeness (QED) is 0.701. The third kappa shape index (κ3) is 4.17. The lowest BCUT2D eigenvalue weighted by atomic mass is 10.1. The van der Waals surface area contributed by atoms with E-state index in [0.29, 0.717) is 18.7 Å². The monoisotopic (exact) mass is 265 g/mol. The first kappa shape index (κ1) is 14.8. The van der Waals surface area contributed by atoms with Crippen LogP contribution in [0.15, 0.2) is 18.2 Å². The van der Waals surface area contributed by atoms with Crippen LogP contribution in [0.3, 0.4) is 0 Å². The van der Waals surface area contributed by atoms with Gasteiger partial charge in [0.1, 0.15) is 5.75 Å². The molecule has 0 saturated carbocycles. The number of aromatic hydroxyl groups is 1. The van der Waals surface area contributed by atoms with E-state index >= 15 is 0 Å². The van der Waals surface area contributed by atoms with Crippen LogP contribution in [0.4, 0.5) is 4.79 Å². The van der Waals surface area contributed by atoms with Crippen LogP contribution in [0, 0.1) is 6.92 Å². The SMILES string of the molecule is Cc1cccc(C(=O)NCCNC(=O)N(C)C)c1O. The first-order valence-corrected chi connectivity index (χ1v) is 5.95. The maximum Gasteiger partial charge on any atom is 0.316 e. The Bertz CT molecular complexity index is 472. The average Bonchev–Trinajstić information content (AvgIpc) is 2.37. The van der Waals surface area contributed by atoms with Gasteiger partial charge in [0.05, 0.1) is 5.56 Å². The van der Waals surface area contributed by atoms with Gasteiger partial charge in [-0.3, -0.25) is 4.79 Å². The highest BCUT2D eigenvalue weighted by atomic mass is 16.3. The van der Waals surface area contributed by atoms with E-state index in [4.69, 9.17) is 0 Å². The van der Waals surface area contributed by atoms with Crippen molar-refractivity contribution in [2.75, 3.05) is 27.2 Å². The molecule has 0 radical (unpaired) electrons. The number of hydrogen-bond acceptors (Lipinski definition) is 3. The molecule has 6 nitrogen and oxygen atoms in total. The van der Waals surface area contributed by atoms with Crippen molar-refractivity contribution in [3.8, 4) is 5.75 Å². The van der Waals surface area contributed by atoms with Gasteiger partial charge in [-0.05, 0) is 18.6 Å². The molecule has 0 bridgehead atoms. The van der Waals surface area contributed by atoms with Crippen LogP contribution in [0.5, 0.6) is 5.75 Å². The van der Waals surface area contributed by atoms with Gasteiger partial charge in [0, 0.05) is 27.2 Å². The summed E-state index contributed by atoms with van der Waals surface area (Å²) in [5, 5.41) is 15.0. The van der Waals surface area contributed by atoms with Crippen LogP contribution in [0.1, 0.15) is 15.9 Å². The maximum atomic E-state index is 11.8. The number of carbonyl (C=O) groups is 2. The molecule has 0 aliphatic heterocycles. The molecule has 0 heterocycles. The second-order valence-electron chi connectivity index (χ2n) is 4.35. The lowest BCUT2D eigenvalue weighted by molar-refractivity contribution is 0.0951. The normalized spacial score (nSPS) is 9.84. The Hall–Kier alpha value is -2.24. The van der Waals surface area contributed by atoms with Crippen molar-refractivity contribution in [2.24, 2.45) is 0 Å². The summed E-state index contributed by atoms with van der Waals surface area (Å²) in [7, 11) is 3.28. The number of aryl methyl sites for hydroxylation is 1. The van der Waals surface area contributed by atoms with Gasteiger partial charge >= 0.3 is 6.03 Å². The van der Waals surface area contributed by atoms with Crippen molar-refractivity contribution in [3.05, 3.63) is 29.3 Å². The number of urea groups is 1. The summed E-state index contributed by atoms with van der Waals surface area (Å²) in [5.41, 5.74) is 0.882. The van der Waals surface area contributed by atoms with Gasteiger partial charge < -0.3 is 20.6 Å². The molecule has 0 fully saturated rings. The fourth-order valence-corrected chi connectivity index (χ4v) is 1.44. The summed E-state index contributed by atoms with van der Waals surface area (Å²) in [5.74, 6) is -0.377. The van der Waals surface area contributed by atoms with Crippen LogP contribution in [-0.2, 0) is 0 Å². The van der Waals surface area contributed by atoms with Gasteiger partial charge in [-0.2, -0.15) is 0 Å². The van der Waals surface area contributed by atoms with Gasteiger partial charge in [0.25, 0.3) is 5.91 Å². The molecule has 104 valence electrons. The average molecular weight is 265 g/mol. The molecule has 0 atom stereocenters. The van der Waals surface area contributed by atoms with Crippen LogP contribution in [-0.4, -0.2) is 49.1 Å². The van der Waals surface area contributed by atoms with Gasteiger partial charge in [-0.25, -0.2) is 4.79 Å². The predicted molar refractivity (Wildman–Crippen MR) is 72.3 cm³/mol. The van der Waals surface area contributed by atoms with Gasteiger partial charge in [0.2, 0.25) is 0 Å². The number of rotatable bonds is 4. The maximum absolute atomic E-state index is 11.8. The van der Waals surface area contributed by atoms with E-state index in [1.165, 1.54) is 4.90 Å². The third-order valence-corrected chi connectivity index (χ3v) is 2.58. The van der Waals surface area contributed by atoms with E-state index in [9.17, 15) is 14.7 Å². The lowest BCUT2D eigenvalue weighted by Gasteiger charge is -2.12. The van der Waals surface area contributed by atoms with Gasteiger partial charge in [0.15, 0.2) is 0 Å². The summed E-state index contributed by atoms with van der Waals surface area (Å²) in [6.07, 6.45) is 0. The van der Waals surface area contributed by atoms with Crippen molar-refractivity contribution < 1.29 is 14.7 Å². The Morgan fingerprint density at radius 3 is 2.47 bits per heavy atom. The molecule has 3 N–H and O–H groups in total. The van der Waals surface area contributed by atoms with Crippen LogP contribution >= 0.6 is 0 Å². The Labute approximate surface area is 112 Å². The summed E-state index contributed by atoms with van der Waals surface area (Å²) in [6.45, 7) is 2.35. The fraction of sp³-hybridized carbons (Fsp3) is 0.385. The zero-order chi connectivity index (χ0) is 14.4. The van der Waals surface area contributed by atoms with E-state index in [1.807, 2.05) is 0 Å². The molecule has 0 saturated heterocycles. The molecule has 1 rings (SSSR count). The number of carbonyl (C=O) groups excluding carboxylic acids is 2. The summed E-state index contributed by atoms with van der Waals surface area (Å²) in [6, 6.07) is 4.77. The second-order valence-corrected chi connectivity index (χ2v) is 4.35. The minimum Gasteiger partial charge on any atom is -0.507 e. The molecule has 1 aromatic rings. The first-order chi connectivity index (χ1) is 8.93. The largest absolute Gasteiger partial charge is 0.507 e. The Morgan fingerprint density at radius 1 is 1.21 bits per heavy atom. The molecule has 0 aromatic heterocycles. The topological polar surface area (TPSA) is 81.7 Å². The summed E-state index contributed by atoms with van der Waals surface area (Å²) >= 11 is 0. The van der Waals surface area contributed by atoms with Crippen LogP contribution < -0.4 is 10.6 Å². The Balaban J connectivity index is 2.44. The number of benzene rings is 1. The number of phenols is 1. The zero-order valence-electron chi connectivity index (χ0n) is 11.4. The third-order valence-electron chi connectivity index (χ3n) is 2.58. The molecule has 19 heavy (non-hydrogen) atoms. The van der Waals surface area contributed by atoms with Crippen molar-refractivity contribution in [2.45, 2.75) is 6.92 Å². The zero-order valence-corrected chi connectivity index (χ0v) is 11.4. The van der Waals surface area contributed by atoms with Gasteiger partial charge in [-0.1, -0.05) is 12.1 Å². The molecule has 6 heteroatoms. The molecule has 0 aliphatic rings. The van der Waals surface area contributed by atoms with Crippen LogP contribution in [0.2, 0.25) is 0 Å². The molecular formula is C13H19N3O3. The number of nitrogens with zero attached hydrogens (tertiary/aromatic N) is 1. The van der Waals surface area contributed by atoms with Crippen molar-refractivity contribution >= 4 is 11.9 Å². The highest BCUT2D eigenvalue weighted by Gasteiger charge is 2.11.